The molecule has 0 atom stereocenters. The lowest BCUT2D eigenvalue weighted by molar-refractivity contribution is -0.0640. The lowest BCUT2D eigenvalue weighted by atomic mass is 9.92. The molecule has 0 radical (unpaired) electrons. The quantitative estimate of drug-likeness (QED) is 0.605. The third-order valence-electron chi connectivity index (χ3n) is 5.68. The Bertz CT molecular complexity index is 1040. The number of rotatable bonds is 6. The molecule has 2 heterocycles. The van der Waals surface area contributed by atoms with Gasteiger partial charge in [0.15, 0.2) is 0 Å². The first-order valence-corrected chi connectivity index (χ1v) is 10.9. The molecule has 1 aliphatic rings. The number of benzene rings is 1. The van der Waals surface area contributed by atoms with Crippen molar-refractivity contribution in [3.8, 4) is 11.3 Å². The van der Waals surface area contributed by atoms with Crippen molar-refractivity contribution in [1.82, 2.24) is 10.3 Å². The van der Waals surface area contributed by atoms with E-state index in [1.54, 1.807) is 20.1 Å². The second-order valence-electron chi connectivity index (χ2n) is 9.09. The summed E-state index contributed by atoms with van der Waals surface area (Å²) in [5.41, 5.74) is 3.35. The van der Waals surface area contributed by atoms with Gasteiger partial charge in [0.25, 0.3) is 5.91 Å². The second-order valence-corrected chi connectivity index (χ2v) is 9.09. The highest BCUT2D eigenvalue weighted by Crippen LogP contribution is 2.29. The highest BCUT2D eigenvalue weighted by atomic mass is 16.5. The average Bonchev–Trinajstić information content (AvgIpc) is 3.20. The van der Waals surface area contributed by atoms with Crippen LogP contribution in [0, 0.1) is 6.92 Å². The van der Waals surface area contributed by atoms with Crippen LogP contribution < -0.4 is 5.32 Å². The Balaban J connectivity index is 1.36. The Morgan fingerprint density at radius 2 is 1.90 bits per heavy atom. The zero-order valence-corrected chi connectivity index (χ0v) is 18.4. The van der Waals surface area contributed by atoms with Gasteiger partial charge in [0.05, 0.1) is 30.3 Å². The van der Waals surface area contributed by atoms with Gasteiger partial charge in [-0.1, -0.05) is 12.1 Å². The van der Waals surface area contributed by atoms with Gasteiger partial charge in [-0.05, 0) is 64.7 Å². The highest BCUT2D eigenvalue weighted by Gasteiger charge is 2.25. The molecule has 0 bridgehead atoms. The van der Waals surface area contributed by atoms with Crippen molar-refractivity contribution in [1.29, 1.82) is 0 Å². The van der Waals surface area contributed by atoms with Crippen LogP contribution in [0.15, 0.2) is 47.1 Å². The first-order valence-electron chi connectivity index (χ1n) is 10.9. The van der Waals surface area contributed by atoms with Gasteiger partial charge in [0, 0.05) is 34.3 Å². The van der Waals surface area contributed by atoms with E-state index in [1.807, 2.05) is 43.3 Å². The molecule has 3 aromatic rings. The third kappa shape index (κ3) is 5.32. The van der Waals surface area contributed by atoms with Gasteiger partial charge in [-0.25, -0.2) is 0 Å². The summed E-state index contributed by atoms with van der Waals surface area (Å²) in [5.74, 6) is -0.0573. The number of aryl methyl sites for hydroxylation is 1. The van der Waals surface area contributed by atoms with Gasteiger partial charge in [-0.15, -0.1) is 0 Å². The number of carbonyl (C=O) groups excluding carboxylic acids is 1. The molecule has 0 aliphatic heterocycles. The van der Waals surface area contributed by atoms with Crippen LogP contribution in [0.25, 0.3) is 22.2 Å². The van der Waals surface area contributed by atoms with Crippen molar-refractivity contribution in [3.05, 3.63) is 53.9 Å². The maximum Gasteiger partial charge on any atom is 0.251 e. The third-order valence-corrected chi connectivity index (χ3v) is 5.68. The summed E-state index contributed by atoms with van der Waals surface area (Å²) in [4.78, 5) is 17.4. The molecule has 1 aliphatic carbocycles. The zero-order chi connectivity index (χ0) is 22.0. The van der Waals surface area contributed by atoms with Gasteiger partial charge >= 0.3 is 0 Å². The van der Waals surface area contributed by atoms with Gasteiger partial charge in [-0.3, -0.25) is 9.78 Å². The number of ether oxygens (including phenoxy) is 1. The van der Waals surface area contributed by atoms with Crippen LogP contribution in [-0.4, -0.2) is 40.4 Å². The largest absolute Gasteiger partial charge is 0.464 e. The number of hydrogen-bond acceptors (Lipinski definition) is 5. The molecular weight excluding hydrogens is 392 g/mol. The molecule has 6 heteroatoms. The first kappa shape index (κ1) is 21.5. The van der Waals surface area contributed by atoms with Crippen LogP contribution in [0.2, 0.25) is 0 Å². The molecule has 2 aromatic heterocycles. The van der Waals surface area contributed by atoms with Gasteiger partial charge < -0.3 is 19.6 Å². The number of nitrogens with zero attached hydrogens (tertiary/aromatic N) is 1. The Hall–Kier alpha value is -2.70. The zero-order valence-electron chi connectivity index (χ0n) is 18.4. The van der Waals surface area contributed by atoms with E-state index in [-0.39, 0.29) is 18.1 Å². The number of pyridine rings is 1. The second kappa shape index (κ2) is 8.81. The monoisotopic (exact) mass is 422 g/mol. The lowest BCUT2D eigenvalue weighted by Crippen LogP contribution is -2.40. The molecule has 31 heavy (non-hydrogen) atoms. The molecular formula is C25H30N2O4. The molecule has 2 N–H and O–H groups in total. The van der Waals surface area contributed by atoms with E-state index in [0.717, 1.165) is 53.6 Å². The fraction of sp³-hybridized carbons (Fsp3) is 0.440. The van der Waals surface area contributed by atoms with E-state index in [9.17, 15) is 9.90 Å². The Morgan fingerprint density at radius 1 is 1.19 bits per heavy atom. The molecule has 0 unspecified atom stereocenters. The average molecular weight is 423 g/mol. The van der Waals surface area contributed by atoms with Crippen molar-refractivity contribution < 1.29 is 19.1 Å². The fourth-order valence-corrected chi connectivity index (χ4v) is 4.05. The topological polar surface area (TPSA) is 84.6 Å². The number of hydrogen-bond donors (Lipinski definition) is 2. The molecule has 1 aromatic carbocycles. The Kier molecular flexibility index (Phi) is 6.12. The number of carbonyl (C=O) groups is 1. The summed E-state index contributed by atoms with van der Waals surface area (Å²) in [7, 11) is 0. The van der Waals surface area contributed by atoms with Crippen LogP contribution in [0.5, 0.6) is 0 Å². The van der Waals surface area contributed by atoms with Gasteiger partial charge in [-0.2, -0.15) is 0 Å². The molecule has 1 saturated carbocycles. The number of fused-ring (bicyclic) bond motifs is 1. The first-order chi connectivity index (χ1) is 14.8. The van der Waals surface area contributed by atoms with Crippen molar-refractivity contribution in [2.75, 3.05) is 6.61 Å². The van der Waals surface area contributed by atoms with E-state index < -0.39 is 5.60 Å². The van der Waals surface area contributed by atoms with E-state index in [1.165, 1.54) is 0 Å². The minimum atomic E-state index is -0.811. The maximum atomic E-state index is 12.7. The highest BCUT2D eigenvalue weighted by molar-refractivity contribution is 5.96. The molecule has 0 spiro atoms. The summed E-state index contributed by atoms with van der Waals surface area (Å²) in [5, 5.41) is 13.9. The van der Waals surface area contributed by atoms with E-state index in [4.69, 9.17) is 9.15 Å². The minimum Gasteiger partial charge on any atom is -0.464 e. The number of aliphatic hydroxyl groups is 1. The minimum absolute atomic E-state index is 0.0573. The van der Waals surface area contributed by atoms with Crippen molar-refractivity contribution >= 4 is 16.9 Å². The summed E-state index contributed by atoms with van der Waals surface area (Å²) in [6, 6.07) is 11.6. The van der Waals surface area contributed by atoms with Gasteiger partial charge in [0.2, 0.25) is 0 Å². The number of aromatic nitrogens is 1. The summed E-state index contributed by atoms with van der Waals surface area (Å²) in [6.07, 6.45) is 5.36. The number of furan rings is 1. The van der Waals surface area contributed by atoms with E-state index >= 15 is 0 Å². The molecule has 1 amide bonds. The Labute approximate surface area is 182 Å². The SMILES string of the molecule is Cc1cc2occc2c(-c2ccc(C(=O)NC3CCC(OCC(C)(C)O)CC3)cc2)n1. The van der Waals surface area contributed by atoms with E-state index in [2.05, 4.69) is 10.3 Å². The summed E-state index contributed by atoms with van der Waals surface area (Å²) >= 11 is 0. The standard InChI is InChI=1S/C25H30N2O4/c1-16-14-22-21(12-13-30-22)23(26-16)17-4-6-18(7-5-17)24(28)27-19-8-10-20(11-9-19)31-15-25(2,3)29/h4-7,12-14,19-20,29H,8-11,15H2,1-3H3,(H,27,28). The summed E-state index contributed by atoms with van der Waals surface area (Å²) in [6.45, 7) is 5.77. The number of amides is 1. The number of nitrogens with one attached hydrogen (secondary N) is 1. The fourth-order valence-electron chi connectivity index (χ4n) is 4.05. The van der Waals surface area contributed by atoms with Crippen LogP contribution in [0.1, 0.15) is 55.6 Å². The van der Waals surface area contributed by atoms with Crippen LogP contribution >= 0.6 is 0 Å². The van der Waals surface area contributed by atoms with Crippen molar-refractivity contribution in [2.45, 2.75) is 64.2 Å². The summed E-state index contributed by atoms with van der Waals surface area (Å²) < 4.78 is 11.3. The predicted molar refractivity (Wildman–Crippen MR) is 120 cm³/mol. The molecule has 164 valence electrons. The normalized spacial score (nSPS) is 19.5. The molecule has 4 rings (SSSR count). The van der Waals surface area contributed by atoms with Crippen LogP contribution in [0.4, 0.5) is 0 Å². The molecule has 6 nitrogen and oxygen atoms in total. The van der Waals surface area contributed by atoms with E-state index in [0.29, 0.717) is 12.2 Å². The van der Waals surface area contributed by atoms with Crippen LogP contribution in [-0.2, 0) is 4.74 Å². The van der Waals surface area contributed by atoms with Gasteiger partial charge in [0.1, 0.15) is 5.58 Å². The van der Waals surface area contributed by atoms with Crippen LogP contribution in [0.3, 0.4) is 0 Å². The lowest BCUT2D eigenvalue weighted by Gasteiger charge is -2.30. The molecule has 1 fully saturated rings. The van der Waals surface area contributed by atoms with Crippen molar-refractivity contribution in [2.24, 2.45) is 0 Å². The predicted octanol–water partition coefficient (Wildman–Crippen LogP) is 4.63. The van der Waals surface area contributed by atoms with Crippen molar-refractivity contribution in [3.63, 3.8) is 0 Å². The maximum absolute atomic E-state index is 12.7. The smallest absolute Gasteiger partial charge is 0.251 e. The molecule has 0 saturated heterocycles. The Morgan fingerprint density at radius 3 is 2.58 bits per heavy atom.